The van der Waals surface area contributed by atoms with Crippen LogP contribution in [0.1, 0.15) is 107 Å². The summed E-state index contributed by atoms with van der Waals surface area (Å²) in [5, 5.41) is 1.28. The molecule has 2 aromatic carbocycles. The lowest BCUT2D eigenvalue weighted by molar-refractivity contribution is 0.225. The summed E-state index contributed by atoms with van der Waals surface area (Å²) in [5.41, 5.74) is 1.70. The fourth-order valence-electron chi connectivity index (χ4n) is 6.52. The molecule has 2 fully saturated rings. The number of halogens is 2. The van der Waals surface area contributed by atoms with Crippen molar-refractivity contribution < 1.29 is 8.78 Å². The van der Waals surface area contributed by atoms with Gasteiger partial charge in [-0.05, 0) is 97.3 Å². The van der Waals surface area contributed by atoms with Gasteiger partial charge in [0.05, 0.1) is 0 Å². The summed E-state index contributed by atoms with van der Waals surface area (Å²) >= 11 is 0. The Hall–Kier alpha value is -1.70. The van der Waals surface area contributed by atoms with E-state index in [9.17, 15) is 8.78 Å². The van der Waals surface area contributed by atoms with Gasteiger partial charge in [-0.1, -0.05) is 70.1 Å². The van der Waals surface area contributed by atoms with Gasteiger partial charge in [0.25, 0.3) is 0 Å². The zero-order chi connectivity index (χ0) is 23.2. The van der Waals surface area contributed by atoms with Crippen LogP contribution in [0.25, 0.3) is 10.8 Å². The van der Waals surface area contributed by atoms with Crippen molar-refractivity contribution in [2.75, 3.05) is 0 Å². The zero-order valence-electron chi connectivity index (χ0n) is 20.6. The fourth-order valence-corrected chi connectivity index (χ4v) is 6.52. The van der Waals surface area contributed by atoms with Crippen LogP contribution in [0.2, 0.25) is 0 Å². The quantitative estimate of drug-likeness (QED) is 0.332. The number of rotatable bonds is 9. The molecule has 0 bridgehead atoms. The molecule has 4 rings (SSSR count). The maximum absolute atomic E-state index is 14.8. The minimum Gasteiger partial charge on any atom is -0.203 e. The van der Waals surface area contributed by atoms with Crippen molar-refractivity contribution in [3.63, 3.8) is 0 Å². The molecule has 2 aromatic rings. The number of hydrogen-bond donors (Lipinski definition) is 0. The molecule has 2 saturated carbocycles. The molecule has 0 radical (unpaired) electrons. The summed E-state index contributed by atoms with van der Waals surface area (Å²) in [7, 11) is 0. The lowest BCUT2D eigenvalue weighted by Gasteiger charge is -2.32. The summed E-state index contributed by atoms with van der Waals surface area (Å²) < 4.78 is 29.3. The summed E-state index contributed by atoms with van der Waals surface area (Å²) in [6.07, 6.45) is 19.4. The molecular weight excluding hydrogens is 410 g/mol. The van der Waals surface area contributed by atoms with Crippen LogP contribution < -0.4 is 0 Å². The molecule has 2 aliphatic rings. The van der Waals surface area contributed by atoms with Gasteiger partial charge in [-0.15, -0.1) is 6.58 Å². The first-order valence-corrected chi connectivity index (χ1v) is 13.6. The highest BCUT2D eigenvalue weighted by Crippen LogP contribution is 2.41. The molecule has 0 unspecified atom stereocenters. The molecule has 0 saturated heterocycles. The number of aryl methyl sites for hydroxylation is 1. The predicted octanol–water partition coefficient (Wildman–Crippen LogP) is 9.90. The van der Waals surface area contributed by atoms with Gasteiger partial charge in [-0.3, -0.25) is 0 Å². The number of fused-ring (bicyclic) bond motifs is 1. The molecule has 0 amide bonds. The molecule has 0 aromatic heterocycles. The van der Waals surface area contributed by atoms with E-state index in [1.165, 1.54) is 82.6 Å². The molecule has 0 heterocycles. The minimum absolute atomic E-state index is 0.454. The molecule has 0 spiro atoms. The van der Waals surface area contributed by atoms with Crippen LogP contribution in [0.3, 0.4) is 0 Å². The molecule has 0 atom stereocenters. The van der Waals surface area contributed by atoms with E-state index in [1.54, 1.807) is 0 Å². The van der Waals surface area contributed by atoms with Crippen LogP contribution in [-0.2, 0) is 6.42 Å². The summed E-state index contributed by atoms with van der Waals surface area (Å²) in [4.78, 5) is 0. The van der Waals surface area contributed by atoms with Gasteiger partial charge in [0.1, 0.15) is 0 Å². The number of allylic oxidation sites excluding steroid dienone is 1. The highest BCUT2D eigenvalue weighted by molar-refractivity contribution is 5.85. The second-order valence-corrected chi connectivity index (χ2v) is 10.9. The molecular formula is C31H42F2. The molecule has 0 aliphatic heterocycles. The Morgan fingerprint density at radius 2 is 1.42 bits per heavy atom. The van der Waals surface area contributed by atoms with Gasteiger partial charge >= 0.3 is 0 Å². The van der Waals surface area contributed by atoms with Crippen LogP contribution in [-0.4, -0.2) is 0 Å². The van der Waals surface area contributed by atoms with Crippen molar-refractivity contribution in [1.29, 1.82) is 0 Å². The molecule has 2 heteroatoms. The topological polar surface area (TPSA) is 0 Å². The van der Waals surface area contributed by atoms with Crippen molar-refractivity contribution in [1.82, 2.24) is 0 Å². The monoisotopic (exact) mass is 452 g/mol. The van der Waals surface area contributed by atoms with E-state index in [1.807, 2.05) is 25.1 Å². The Balaban J connectivity index is 1.28. The van der Waals surface area contributed by atoms with Crippen molar-refractivity contribution in [3.8, 4) is 0 Å². The average molecular weight is 453 g/mol. The van der Waals surface area contributed by atoms with E-state index < -0.39 is 11.6 Å². The third-order valence-corrected chi connectivity index (χ3v) is 8.68. The standard InChI is InChI=1S/C31H42F2/c1-3-5-7-22-8-10-23(11-9-22)12-13-24-14-16-25(17-15-24)26-18-19-27-20-28(6-4-2)30(32)31(33)29(27)21-26/h3,18-25H,1,4-17H2,2H3. The second-order valence-electron chi connectivity index (χ2n) is 10.9. The van der Waals surface area contributed by atoms with Crippen molar-refractivity contribution >= 4 is 10.8 Å². The molecule has 33 heavy (non-hydrogen) atoms. The van der Waals surface area contributed by atoms with Crippen LogP contribution in [0.15, 0.2) is 36.9 Å². The highest BCUT2D eigenvalue weighted by Gasteiger charge is 2.26. The van der Waals surface area contributed by atoms with Gasteiger partial charge in [0, 0.05) is 5.39 Å². The van der Waals surface area contributed by atoms with Crippen LogP contribution in [0.5, 0.6) is 0 Å². The first-order valence-electron chi connectivity index (χ1n) is 13.6. The van der Waals surface area contributed by atoms with Gasteiger partial charge in [-0.25, -0.2) is 8.78 Å². The van der Waals surface area contributed by atoms with Crippen LogP contribution in [0.4, 0.5) is 8.78 Å². The highest BCUT2D eigenvalue weighted by atomic mass is 19.2. The Morgan fingerprint density at radius 3 is 2.03 bits per heavy atom. The van der Waals surface area contributed by atoms with Gasteiger partial charge < -0.3 is 0 Å². The number of benzene rings is 2. The first kappa shape index (κ1) is 24.4. The van der Waals surface area contributed by atoms with E-state index in [0.717, 1.165) is 29.6 Å². The van der Waals surface area contributed by atoms with E-state index in [0.29, 0.717) is 23.3 Å². The van der Waals surface area contributed by atoms with Crippen LogP contribution in [0, 0.1) is 29.4 Å². The number of hydrogen-bond acceptors (Lipinski definition) is 0. The Bertz CT molecular complexity index is 914. The summed E-state index contributed by atoms with van der Waals surface area (Å²) in [5.74, 6) is 1.91. The first-order chi connectivity index (χ1) is 16.1. The maximum atomic E-state index is 14.8. The minimum atomic E-state index is -0.661. The molecule has 180 valence electrons. The summed E-state index contributed by atoms with van der Waals surface area (Å²) in [6, 6.07) is 7.93. The van der Waals surface area contributed by atoms with Crippen molar-refractivity contribution in [3.05, 3.63) is 59.7 Å². The Morgan fingerprint density at radius 1 is 0.818 bits per heavy atom. The zero-order valence-corrected chi connectivity index (χ0v) is 20.6. The van der Waals surface area contributed by atoms with E-state index in [2.05, 4.69) is 18.7 Å². The molecule has 0 N–H and O–H groups in total. The van der Waals surface area contributed by atoms with Crippen molar-refractivity contribution in [2.24, 2.45) is 17.8 Å². The lowest BCUT2D eigenvalue weighted by Crippen LogP contribution is -2.17. The van der Waals surface area contributed by atoms with E-state index >= 15 is 0 Å². The van der Waals surface area contributed by atoms with Gasteiger partial charge in [0.2, 0.25) is 0 Å². The van der Waals surface area contributed by atoms with Gasteiger partial charge in [0.15, 0.2) is 11.6 Å². The Kier molecular flexibility index (Phi) is 8.61. The molecule has 0 nitrogen and oxygen atoms in total. The maximum Gasteiger partial charge on any atom is 0.166 e. The third kappa shape index (κ3) is 6.06. The third-order valence-electron chi connectivity index (χ3n) is 8.68. The summed E-state index contributed by atoms with van der Waals surface area (Å²) in [6.45, 7) is 5.86. The average Bonchev–Trinajstić information content (AvgIpc) is 2.85. The van der Waals surface area contributed by atoms with E-state index in [4.69, 9.17) is 0 Å². The van der Waals surface area contributed by atoms with E-state index in [-0.39, 0.29) is 0 Å². The SMILES string of the molecule is C=CCCC1CCC(CCC2CCC(c3ccc4cc(CCC)c(F)c(F)c4c3)CC2)CC1. The Labute approximate surface area is 199 Å². The van der Waals surface area contributed by atoms with Crippen molar-refractivity contribution in [2.45, 2.75) is 103 Å². The van der Waals surface area contributed by atoms with Crippen LogP contribution >= 0.6 is 0 Å². The van der Waals surface area contributed by atoms with Gasteiger partial charge in [-0.2, -0.15) is 0 Å². The fraction of sp³-hybridized carbons (Fsp3) is 0.613. The largest absolute Gasteiger partial charge is 0.203 e. The predicted molar refractivity (Wildman–Crippen MR) is 137 cm³/mol. The smallest absolute Gasteiger partial charge is 0.166 e. The normalized spacial score (nSPS) is 25.9. The second kappa shape index (κ2) is 11.6. The lowest BCUT2D eigenvalue weighted by atomic mass is 9.74. The molecule has 2 aliphatic carbocycles.